The molecule has 0 amide bonds. The van der Waals surface area contributed by atoms with Gasteiger partial charge in [0.2, 0.25) is 0 Å². The molecule has 0 bridgehead atoms. The molecule has 0 unspecified atom stereocenters. The molecule has 1 saturated carbocycles. The van der Waals surface area contributed by atoms with Gasteiger partial charge < -0.3 is 4.74 Å². The topological polar surface area (TPSA) is 52.1 Å². The Bertz CT molecular complexity index is 753. The first-order valence-corrected chi connectivity index (χ1v) is 10.6. The van der Waals surface area contributed by atoms with Gasteiger partial charge in [-0.25, -0.2) is 9.97 Å². The van der Waals surface area contributed by atoms with Crippen LogP contribution >= 0.6 is 23.1 Å². The summed E-state index contributed by atoms with van der Waals surface area (Å²) in [5.41, 5.74) is 1.42. The standard InChI is InChI=1S/C18H22N2O2S2/c1-11-6-7-13-14(8-11)24-18-16(13)17(19-10-20-18)23-9-15(21)22-12-4-2-3-5-12/h10-12H,2-9H2,1H3/t11-/m0/s1. The summed E-state index contributed by atoms with van der Waals surface area (Å²) in [4.78, 5) is 23.5. The van der Waals surface area contributed by atoms with E-state index < -0.39 is 0 Å². The summed E-state index contributed by atoms with van der Waals surface area (Å²) >= 11 is 3.30. The first-order chi connectivity index (χ1) is 11.7. The second-order valence-corrected chi connectivity index (χ2v) is 8.94. The molecule has 2 aromatic heterocycles. The van der Waals surface area contributed by atoms with Crippen molar-refractivity contribution in [3.8, 4) is 0 Å². The highest BCUT2D eigenvalue weighted by molar-refractivity contribution is 8.00. The van der Waals surface area contributed by atoms with Gasteiger partial charge in [-0.3, -0.25) is 4.79 Å². The Kier molecular flexibility index (Phi) is 4.77. The summed E-state index contributed by atoms with van der Waals surface area (Å²) in [6.07, 6.45) is 9.62. The molecule has 0 radical (unpaired) electrons. The SMILES string of the molecule is C[C@H]1CCc2c(sc3ncnc(SCC(=O)OC4CCCC4)c23)C1. The van der Waals surface area contributed by atoms with E-state index in [1.54, 1.807) is 17.7 Å². The second-order valence-electron chi connectivity index (χ2n) is 6.90. The van der Waals surface area contributed by atoms with Crippen LogP contribution in [0.3, 0.4) is 0 Å². The molecule has 2 aromatic rings. The van der Waals surface area contributed by atoms with Crippen molar-refractivity contribution in [1.29, 1.82) is 0 Å². The fraction of sp³-hybridized carbons (Fsp3) is 0.611. The Morgan fingerprint density at radius 3 is 3.00 bits per heavy atom. The number of nitrogens with zero attached hydrogens (tertiary/aromatic N) is 2. The predicted molar refractivity (Wildman–Crippen MR) is 97.7 cm³/mol. The molecule has 0 aromatic carbocycles. The lowest BCUT2D eigenvalue weighted by Gasteiger charge is -2.18. The van der Waals surface area contributed by atoms with E-state index in [4.69, 9.17) is 4.74 Å². The van der Waals surface area contributed by atoms with E-state index in [0.717, 1.165) is 41.5 Å². The zero-order valence-corrected chi connectivity index (χ0v) is 15.5. The van der Waals surface area contributed by atoms with Crippen molar-refractivity contribution in [1.82, 2.24) is 9.97 Å². The van der Waals surface area contributed by atoms with Gasteiger partial charge in [0.25, 0.3) is 0 Å². The van der Waals surface area contributed by atoms with Crippen LogP contribution in [0.4, 0.5) is 0 Å². The first-order valence-electron chi connectivity index (χ1n) is 8.78. The number of rotatable bonds is 4. The third kappa shape index (κ3) is 3.31. The van der Waals surface area contributed by atoms with Crippen molar-refractivity contribution in [2.45, 2.75) is 63.0 Å². The van der Waals surface area contributed by atoms with Crippen molar-refractivity contribution < 1.29 is 9.53 Å². The van der Waals surface area contributed by atoms with Gasteiger partial charge >= 0.3 is 5.97 Å². The van der Waals surface area contributed by atoms with E-state index in [-0.39, 0.29) is 12.1 Å². The minimum Gasteiger partial charge on any atom is -0.462 e. The van der Waals surface area contributed by atoms with Crippen LogP contribution in [0.5, 0.6) is 0 Å². The van der Waals surface area contributed by atoms with Crippen LogP contribution in [0.2, 0.25) is 0 Å². The van der Waals surface area contributed by atoms with Gasteiger partial charge in [0.05, 0.1) is 5.75 Å². The number of hydrogen-bond donors (Lipinski definition) is 0. The smallest absolute Gasteiger partial charge is 0.316 e. The Balaban J connectivity index is 1.50. The average molecular weight is 363 g/mol. The van der Waals surface area contributed by atoms with E-state index in [0.29, 0.717) is 5.75 Å². The number of fused-ring (bicyclic) bond motifs is 3. The first kappa shape index (κ1) is 16.3. The van der Waals surface area contributed by atoms with Crippen LogP contribution in [-0.2, 0) is 22.4 Å². The van der Waals surface area contributed by atoms with Crippen molar-refractivity contribution in [3.63, 3.8) is 0 Å². The third-order valence-corrected chi connectivity index (χ3v) is 7.11. The maximum atomic E-state index is 12.1. The molecule has 4 rings (SSSR count). The molecule has 1 atom stereocenters. The molecule has 0 spiro atoms. The number of hydrogen-bond acceptors (Lipinski definition) is 6. The highest BCUT2D eigenvalue weighted by Crippen LogP contribution is 2.40. The molecule has 2 aliphatic rings. The van der Waals surface area contributed by atoms with E-state index in [1.807, 2.05) is 0 Å². The molecule has 128 valence electrons. The number of esters is 1. The Morgan fingerprint density at radius 1 is 1.33 bits per heavy atom. The van der Waals surface area contributed by atoms with Gasteiger partial charge in [0, 0.05) is 10.3 Å². The molecule has 6 heteroatoms. The summed E-state index contributed by atoms with van der Waals surface area (Å²) in [5, 5.41) is 2.12. The number of thiophene rings is 1. The van der Waals surface area contributed by atoms with Crippen molar-refractivity contribution in [3.05, 3.63) is 16.8 Å². The number of thioether (sulfide) groups is 1. The van der Waals surface area contributed by atoms with Crippen LogP contribution in [0, 0.1) is 5.92 Å². The number of aromatic nitrogens is 2. The zero-order chi connectivity index (χ0) is 16.5. The van der Waals surface area contributed by atoms with Gasteiger partial charge in [-0.1, -0.05) is 18.7 Å². The van der Waals surface area contributed by atoms with Crippen molar-refractivity contribution >= 4 is 39.3 Å². The van der Waals surface area contributed by atoms with E-state index >= 15 is 0 Å². The largest absolute Gasteiger partial charge is 0.462 e. The normalized spacial score (nSPS) is 21.1. The fourth-order valence-electron chi connectivity index (χ4n) is 3.71. The molecule has 0 aliphatic heterocycles. The molecule has 2 heterocycles. The van der Waals surface area contributed by atoms with Crippen LogP contribution in [0.25, 0.3) is 10.2 Å². The molecule has 1 fully saturated rings. The van der Waals surface area contributed by atoms with Crippen LogP contribution < -0.4 is 0 Å². The van der Waals surface area contributed by atoms with Gasteiger partial charge in [-0.2, -0.15) is 0 Å². The summed E-state index contributed by atoms with van der Waals surface area (Å²) in [6, 6.07) is 0. The summed E-state index contributed by atoms with van der Waals surface area (Å²) in [5.74, 6) is 0.969. The van der Waals surface area contributed by atoms with Gasteiger partial charge in [-0.15, -0.1) is 11.3 Å². The van der Waals surface area contributed by atoms with Crippen molar-refractivity contribution in [2.24, 2.45) is 5.92 Å². The third-order valence-electron chi connectivity index (χ3n) is 4.98. The molecule has 0 N–H and O–H groups in total. The molecular formula is C18H22N2O2S2. The molecule has 2 aliphatic carbocycles. The van der Waals surface area contributed by atoms with Crippen LogP contribution in [0.1, 0.15) is 49.5 Å². The monoisotopic (exact) mass is 362 g/mol. The van der Waals surface area contributed by atoms with E-state index in [1.165, 1.54) is 46.9 Å². The van der Waals surface area contributed by atoms with E-state index in [9.17, 15) is 4.79 Å². The summed E-state index contributed by atoms with van der Waals surface area (Å²) < 4.78 is 5.55. The summed E-state index contributed by atoms with van der Waals surface area (Å²) in [7, 11) is 0. The zero-order valence-electron chi connectivity index (χ0n) is 13.9. The molecular weight excluding hydrogens is 340 g/mol. The Labute approximate surface area is 150 Å². The van der Waals surface area contributed by atoms with Gasteiger partial charge in [0.15, 0.2) is 0 Å². The quantitative estimate of drug-likeness (QED) is 0.458. The predicted octanol–water partition coefficient (Wildman–Crippen LogP) is 4.39. The van der Waals surface area contributed by atoms with Crippen molar-refractivity contribution in [2.75, 3.05) is 5.75 Å². The fourth-order valence-corrected chi connectivity index (χ4v) is 5.93. The minimum absolute atomic E-state index is 0.114. The maximum Gasteiger partial charge on any atom is 0.316 e. The van der Waals surface area contributed by atoms with Crippen LogP contribution in [0.15, 0.2) is 11.4 Å². The Morgan fingerprint density at radius 2 is 2.17 bits per heavy atom. The van der Waals surface area contributed by atoms with E-state index in [2.05, 4.69) is 16.9 Å². The molecule has 4 nitrogen and oxygen atoms in total. The number of carbonyl (C=O) groups is 1. The Hall–Kier alpha value is -1.14. The summed E-state index contributed by atoms with van der Waals surface area (Å²) in [6.45, 7) is 2.31. The van der Waals surface area contributed by atoms with Gasteiger partial charge in [0.1, 0.15) is 22.3 Å². The highest BCUT2D eigenvalue weighted by atomic mass is 32.2. The lowest BCUT2D eigenvalue weighted by atomic mass is 9.89. The highest BCUT2D eigenvalue weighted by Gasteiger charge is 2.24. The number of carbonyl (C=O) groups excluding carboxylic acids is 1. The number of aryl methyl sites for hydroxylation is 1. The maximum absolute atomic E-state index is 12.1. The molecule has 24 heavy (non-hydrogen) atoms. The van der Waals surface area contributed by atoms with Gasteiger partial charge in [-0.05, 0) is 56.4 Å². The lowest BCUT2D eigenvalue weighted by molar-refractivity contribution is -0.145. The number of ether oxygens (including phenoxy) is 1. The second kappa shape index (κ2) is 7.00. The lowest BCUT2D eigenvalue weighted by Crippen LogP contribution is -2.16. The van der Waals surface area contributed by atoms with Crippen LogP contribution in [-0.4, -0.2) is 27.8 Å². The minimum atomic E-state index is -0.114. The average Bonchev–Trinajstić information content (AvgIpc) is 3.19. The molecule has 0 saturated heterocycles.